The molecular formula is C9H16N3O14P3. The van der Waals surface area contributed by atoms with Gasteiger partial charge in [0.25, 0.3) is 0 Å². The molecule has 1 fully saturated rings. The van der Waals surface area contributed by atoms with Crippen molar-refractivity contribution in [2.45, 2.75) is 24.5 Å². The van der Waals surface area contributed by atoms with E-state index in [0.29, 0.717) is 6.20 Å². The van der Waals surface area contributed by atoms with Crippen molar-refractivity contribution >= 4 is 23.5 Å². The van der Waals surface area contributed by atoms with E-state index in [-0.39, 0.29) is 4.57 Å². The van der Waals surface area contributed by atoms with Gasteiger partial charge in [-0.15, -0.1) is 0 Å². The van der Waals surface area contributed by atoms with Gasteiger partial charge in [0.2, 0.25) is 0 Å². The van der Waals surface area contributed by atoms with Gasteiger partial charge in [-0.2, -0.15) is 8.62 Å². The highest BCUT2D eigenvalue weighted by atomic mass is 31.3. The van der Waals surface area contributed by atoms with Gasteiger partial charge >= 0.3 is 29.2 Å². The van der Waals surface area contributed by atoms with Crippen LogP contribution in [0.25, 0.3) is 0 Å². The van der Waals surface area contributed by atoms with Crippen molar-refractivity contribution in [3.05, 3.63) is 28.2 Å². The second kappa shape index (κ2) is 8.61. The van der Waals surface area contributed by atoms with Crippen LogP contribution in [0.5, 0.6) is 0 Å². The van der Waals surface area contributed by atoms with E-state index in [1.807, 2.05) is 0 Å². The summed E-state index contributed by atoms with van der Waals surface area (Å²) in [5, 5.41) is 27.8. The third-order valence-corrected chi connectivity index (χ3v) is 6.43. The van der Waals surface area contributed by atoms with Crippen molar-refractivity contribution in [3.8, 4) is 0 Å². The highest BCUT2D eigenvalue weighted by Gasteiger charge is 2.46. The van der Waals surface area contributed by atoms with Crippen molar-refractivity contribution < 1.29 is 68.2 Å². The Morgan fingerprint density at radius 2 is 1.90 bits per heavy atom. The van der Waals surface area contributed by atoms with Gasteiger partial charge in [-0.25, -0.2) is 18.5 Å². The topological polar surface area (TPSA) is 271 Å². The number of nitrogens with one attached hydrogen (secondary N) is 2. The molecule has 0 aliphatic carbocycles. The number of hydrogen-bond acceptors (Lipinski definition) is 11. The molecular weight excluding hydrogens is 467 g/mol. The summed E-state index contributed by atoms with van der Waals surface area (Å²) in [5.41, 5.74) is -2.01. The molecule has 1 aromatic heterocycles. The number of aromatic nitrogens is 2. The van der Waals surface area contributed by atoms with Crippen LogP contribution in [0.3, 0.4) is 0 Å². The van der Waals surface area contributed by atoms with Crippen LogP contribution in [0, 0.1) is 5.41 Å². The molecule has 0 spiro atoms. The number of phosphoric acid groups is 3. The zero-order valence-corrected chi connectivity index (χ0v) is 16.2. The van der Waals surface area contributed by atoms with E-state index in [1.54, 1.807) is 4.98 Å². The summed E-state index contributed by atoms with van der Waals surface area (Å²) in [6.45, 7) is -4.22. The van der Waals surface area contributed by atoms with Crippen LogP contribution in [0.1, 0.15) is 13.1 Å². The summed E-state index contributed by atoms with van der Waals surface area (Å²) in [7, 11) is -18.2. The average molecular weight is 488 g/mol. The summed E-state index contributed by atoms with van der Waals surface area (Å²) in [4.78, 5) is 49.5. The Kier molecular flexibility index (Phi) is 5.23. The molecule has 1 saturated heterocycles. The Bertz CT molecular complexity index is 1230. The van der Waals surface area contributed by atoms with Crippen molar-refractivity contribution in [2.24, 2.45) is 0 Å². The standard InChI is InChI=1S/C9H16N3O14P3/c10-5-1-2-12(9(15)11-5)8-7(14)6(13)4(24-8)3-23-28(19,20)26-29(21,22)25-27(16,17)18/h1-2,4,6-8,13-14H,3H2,(H,19,20)(H,21,22)(H2,10,11,15)(H2,16,17,18)/t4-,6?,7+,8-/m1/s1/i1D,3D2,4D,6D. The fraction of sp³-hybridized carbons (Fsp3) is 0.556. The lowest BCUT2D eigenvalue weighted by molar-refractivity contribution is -0.0542. The van der Waals surface area contributed by atoms with E-state index in [9.17, 15) is 33.6 Å². The first kappa shape index (κ1) is 17.6. The van der Waals surface area contributed by atoms with Crippen molar-refractivity contribution in [3.63, 3.8) is 0 Å². The van der Waals surface area contributed by atoms with Crippen LogP contribution in [0.2, 0.25) is 0 Å². The van der Waals surface area contributed by atoms with Crippen molar-refractivity contribution in [1.82, 2.24) is 9.55 Å². The average Bonchev–Trinajstić information content (AvgIpc) is 2.75. The quantitative estimate of drug-likeness (QED) is 0.178. The lowest BCUT2D eigenvalue weighted by Gasteiger charge is -2.19. The molecule has 0 bridgehead atoms. The van der Waals surface area contributed by atoms with Crippen LogP contribution in [0.15, 0.2) is 17.0 Å². The molecule has 20 heteroatoms. The molecule has 2 rings (SSSR count). The molecule has 17 nitrogen and oxygen atoms in total. The molecule has 0 radical (unpaired) electrons. The van der Waals surface area contributed by atoms with E-state index in [1.165, 1.54) is 0 Å². The van der Waals surface area contributed by atoms with Gasteiger partial charge in [-0.1, -0.05) is 0 Å². The number of aliphatic hydroxyl groups excluding tert-OH is 1. The van der Waals surface area contributed by atoms with E-state index < -0.39 is 71.7 Å². The molecule has 6 atom stereocenters. The van der Waals surface area contributed by atoms with Crippen LogP contribution in [-0.4, -0.2) is 64.2 Å². The Hall–Kier alpha value is -1.03. The van der Waals surface area contributed by atoms with E-state index in [2.05, 4.69) is 13.1 Å². The minimum absolute atomic E-state index is 0.252. The predicted octanol–water partition coefficient (Wildman–Crippen LogP) is -2.38. The van der Waals surface area contributed by atoms with Crippen LogP contribution in [0.4, 0.5) is 0 Å². The number of hydrogen-bond donors (Lipinski definition) is 8. The number of H-pyrrole nitrogens is 1. The monoisotopic (exact) mass is 488 g/mol. The van der Waals surface area contributed by atoms with Gasteiger partial charge in [-0.05, 0) is 6.04 Å². The highest BCUT2D eigenvalue weighted by molar-refractivity contribution is 7.66. The molecule has 3 unspecified atom stereocenters. The number of aromatic amines is 1. The molecule has 1 aromatic rings. The molecule has 0 amide bonds. The Balaban J connectivity index is 2.44. The fourth-order valence-corrected chi connectivity index (χ4v) is 4.62. The third-order valence-electron chi connectivity index (χ3n) is 2.78. The van der Waals surface area contributed by atoms with Crippen LogP contribution >= 0.6 is 23.5 Å². The van der Waals surface area contributed by atoms with Crippen LogP contribution in [-0.2, 0) is 31.6 Å². The van der Waals surface area contributed by atoms with Crippen molar-refractivity contribution in [1.29, 1.82) is 5.41 Å². The molecule has 0 saturated carbocycles. The summed E-state index contributed by atoms with van der Waals surface area (Å²) in [5.74, 6) is 0. The van der Waals surface area contributed by atoms with Gasteiger partial charge in [0, 0.05) is 6.20 Å². The van der Waals surface area contributed by atoms with Gasteiger partial charge in [0.1, 0.15) is 23.8 Å². The van der Waals surface area contributed by atoms with E-state index >= 15 is 0 Å². The summed E-state index contributed by atoms with van der Waals surface area (Å²) in [6, 6.07) is -0.692. The number of aliphatic hydroxyl groups is 2. The third kappa shape index (κ3) is 6.73. The summed E-state index contributed by atoms with van der Waals surface area (Å²) in [6.07, 6.45) is -12.2. The predicted molar refractivity (Wildman–Crippen MR) is 86.6 cm³/mol. The largest absolute Gasteiger partial charge is 0.490 e. The molecule has 166 valence electrons. The minimum atomic E-state index is -6.27. The second-order valence-corrected chi connectivity index (χ2v) is 9.28. The molecule has 1 aliphatic heterocycles. The first-order valence-electron chi connectivity index (χ1n) is 9.24. The number of phosphoric ester groups is 1. The molecule has 1 aliphatic rings. The van der Waals surface area contributed by atoms with Gasteiger partial charge in [0.05, 0.1) is 13.4 Å². The lowest BCUT2D eigenvalue weighted by Crippen LogP contribution is -2.37. The molecule has 8 N–H and O–H groups in total. The molecule has 2 heterocycles. The smallest absolute Gasteiger partial charge is 0.387 e. The van der Waals surface area contributed by atoms with Crippen LogP contribution < -0.4 is 11.2 Å². The number of nitrogens with zero attached hydrogens (tertiary/aromatic N) is 1. The van der Waals surface area contributed by atoms with Crippen molar-refractivity contribution in [2.75, 3.05) is 6.56 Å². The first-order chi connectivity index (χ1) is 14.9. The Morgan fingerprint density at radius 1 is 1.28 bits per heavy atom. The maximum atomic E-state index is 12.0. The zero-order chi connectivity index (χ0) is 26.7. The first-order valence-corrected chi connectivity index (χ1v) is 11.3. The summed E-state index contributed by atoms with van der Waals surface area (Å²) < 4.78 is 88.3. The fourth-order valence-electron chi connectivity index (χ4n) is 1.79. The Labute approximate surface area is 167 Å². The van der Waals surface area contributed by atoms with E-state index in [4.69, 9.17) is 31.7 Å². The SMILES string of the molecule is [2H]c1cn([C@@H]2O[C@]([2H])(C([2H])([2H])OP(=O)(O)OP(=O)(O)OP(=O)(O)O)C([2H])(O)[C@@H]2O)c(=O)[nH]c1=N. The van der Waals surface area contributed by atoms with E-state index in [0.717, 1.165) is 0 Å². The Morgan fingerprint density at radius 3 is 2.48 bits per heavy atom. The molecule has 29 heavy (non-hydrogen) atoms. The maximum Gasteiger partial charge on any atom is 0.490 e. The van der Waals surface area contributed by atoms with Gasteiger partial charge < -0.3 is 34.5 Å². The maximum absolute atomic E-state index is 12.0. The number of rotatable bonds is 8. The second-order valence-electron chi connectivity index (χ2n) is 4.94. The molecule has 0 aromatic carbocycles. The highest BCUT2D eigenvalue weighted by Crippen LogP contribution is 2.66. The van der Waals surface area contributed by atoms with Gasteiger partial charge in [-0.3, -0.25) is 19.5 Å². The minimum Gasteiger partial charge on any atom is -0.387 e. The lowest BCUT2D eigenvalue weighted by atomic mass is 10.1. The van der Waals surface area contributed by atoms with Gasteiger partial charge in [0.15, 0.2) is 6.23 Å². The number of ether oxygens (including phenoxy) is 1. The zero-order valence-electron chi connectivity index (χ0n) is 18.5. The normalized spacial score (nSPS) is 37.4. The summed E-state index contributed by atoms with van der Waals surface area (Å²) >= 11 is 0.